The SMILES string of the molecule is C/C(O)=C\C=C(/C)Cc1ccc(Oc2ccc(N)c(Cc3ccc(O)cc3)c2)cc1N. The highest BCUT2D eigenvalue weighted by molar-refractivity contribution is 5.56. The summed E-state index contributed by atoms with van der Waals surface area (Å²) >= 11 is 0. The summed E-state index contributed by atoms with van der Waals surface area (Å²) in [6, 6.07) is 18.3. The lowest BCUT2D eigenvalue weighted by molar-refractivity contribution is 0.414. The third-order valence-electron chi connectivity index (χ3n) is 4.88. The summed E-state index contributed by atoms with van der Waals surface area (Å²) in [6.07, 6.45) is 4.87. The number of anilines is 2. The maximum absolute atomic E-state index is 9.45. The van der Waals surface area contributed by atoms with E-state index in [1.807, 2.05) is 61.5 Å². The van der Waals surface area contributed by atoms with E-state index < -0.39 is 0 Å². The second-order valence-electron chi connectivity index (χ2n) is 7.66. The lowest BCUT2D eigenvalue weighted by Gasteiger charge is -2.12. The van der Waals surface area contributed by atoms with Gasteiger partial charge < -0.3 is 26.4 Å². The van der Waals surface area contributed by atoms with Gasteiger partial charge in [-0.3, -0.25) is 0 Å². The molecule has 3 rings (SSSR count). The molecule has 0 radical (unpaired) electrons. The van der Waals surface area contributed by atoms with Crippen LogP contribution in [-0.4, -0.2) is 10.2 Å². The number of hydrogen-bond donors (Lipinski definition) is 4. The number of rotatable bonds is 7. The van der Waals surface area contributed by atoms with Gasteiger partial charge in [0.1, 0.15) is 17.2 Å². The Balaban J connectivity index is 1.73. The van der Waals surface area contributed by atoms with Crippen LogP contribution in [-0.2, 0) is 12.8 Å². The lowest BCUT2D eigenvalue weighted by atomic mass is 10.0. The zero-order chi connectivity index (χ0) is 22.4. The molecule has 3 aromatic carbocycles. The number of phenols is 1. The zero-order valence-electron chi connectivity index (χ0n) is 17.8. The van der Waals surface area contributed by atoms with Crippen molar-refractivity contribution in [2.24, 2.45) is 0 Å². The van der Waals surface area contributed by atoms with Crippen LogP contribution < -0.4 is 16.2 Å². The van der Waals surface area contributed by atoms with Crippen LogP contribution in [0, 0.1) is 0 Å². The van der Waals surface area contributed by atoms with E-state index in [0.29, 0.717) is 35.7 Å². The molecule has 0 aromatic heterocycles. The van der Waals surface area contributed by atoms with Crippen molar-refractivity contribution in [3.05, 3.63) is 101 Å². The van der Waals surface area contributed by atoms with Crippen molar-refractivity contribution in [2.45, 2.75) is 26.7 Å². The van der Waals surface area contributed by atoms with Gasteiger partial charge in [0.15, 0.2) is 0 Å². The minimum absolute atomic E-state index is 0.237. The Bertz CT molecular complexity index is 1110. The van der Waals surface area contributed by atoms with E-state index in [-0.39, 0.29) is 11.5 Å². The summed E-state index contributed by atoms with van der Waals surface area (Å²) in [4.78, 5) is 0. The van der Waals surface area contributed by atoms with Crippen molar-refractivity contribution in [3.8, 4) is 17.2 Å². The summed E-state index contributed by atoms with van der Waals surface area (Å²) in [7, 11) is 0. The Morgan fingerprint density at radius 1 is 0.839 bits per heavy atom. The number of phenolic OH excluding ortho intramolecular Hbond substituents is 1. The second-order valence-corrected chi connectivity index (χ2v) is 7.66. The third kappa shape index (κ3) is 6.31. The number of hydrogen-bond acceptors (Lipinski definition) is 5. The molecular weight excluding hydrogens is 388 g/mol. The molecule has 0 fully saturated rings. The summed E-state index contributed by atoms with van der Waals surface area (Å²) in [6.45, 7) is 3.63. The first-order chi connectivity index (χ1) is 14.8. The molecule has 31 heavy (non-hydrogen) atoms. The fourth-order valence-electron chi connectivity index (χ4n) is 3.19. The first-order valence-electron chi connectivity index (χ1n) is 10.1. The van der Waals surface area contributed by atoms with Crippen molar-refractivity contribution < 1.29 is 14.9 Å². The molecule has 5 nitrogen and oxygen atoms in total. The predicted octanol–water partition coefficient (Wildman–Crippen LogP) is 5.89. The zero-order valence-corrected chi connectivity index (χ0v) is 17.8. The molecule has 160 valence electrons. The Hall–Kier alpha value is -3.86. The van der Waals surface area contributed by atoms with Gasteiger partial charge in [-0.2, -0.15) is 0 Å². The Morgan fingerprint density at radius 3 is 2.19 bits per heavy atom. The van der Waals surface area contributed by atoms with Crippen LogP contribution in [0.1, 0.15) is 30.5 Å². The van der Waals surface area contributed by atoms with Crippen molar-refractivity contribution in [3.63, 3.8) is 0 Å². The fourth-order valence-corrected chi connectivity index (χ4v) is 3.19. The number of nitrogen functional groups attached to an aromatic ring is 2. The molecule has 0 heterocycles. The molecule has 0 spiro atoms. The third-order valence-corrected chi connectivity index (χ3v) is 4.88. The van der Waals surface area contributed by atoms with E-state index in [4.69, 9.17) is 16.2 Å². The molecule has 0 saturated carbocycles. The van der Waals surface area contributed by atoms with Gasteiger partial charge in [0.2, 0.25) is 0 Å². The topological polar surface area (TPSA) is 102 Å². The molecule has 0 amide bonds. The van der Waals surface area contributed by atoms with Crippen molar-refractivity contribution in [2.75, 3.05) is 11.5 Å². The smallest absolute Gasteiger partial charge is 0.129 e. The number of aliphatic hydroxyl groups excluding tert-OH is 1. The van der Waals surface area contributed by atoms with E-state index in [1.54, 1.807) is 25.1 Å². The minimum Gasteiger partial charge on any atom is -0.513 e. The lowest BCUT2D eigenvalue weighted by Crippen LogP contribution is -1.98. The first-order valence-corrected chi connectivity index (χ1v) is 10.1. The molecule has 0 atom stereocenters. The van der Waals surface area contributed by atoms with Crippen LogP contribution in [0.3, 0.4) is 0 Å². The highest BCUT2D eigenvalue weighted by Gasteiger charge is 2.07. The van der Waals surface area contributed by atoms with Gasteiger partial charge in [0.05, 0.1) is 5.76 Å². The van der Waals surface area contributed by atoms with Gasteiger partial charge in [-0.15, -0.1) is 0 Å². The van der Waals surface area contributed by atoms with Crippen LogP contribution >= 0.6 is 0 Å². The van der Waals surface area contributed by atoms with Crippen LogP contribution in [0.25, 0.3) is 0 Å². The van der Waals surface area contributed by atoms with E-state index in [2.05, 4.69) is 0 Å². The molecule has 0 aliphatic heterocycles. The quantitative estimate of drug-likeness (QED) is 0.218. The molecule has 0 aliphatic rings. The van der Waals surface area contributed by atoms with Crippen LogP contribution in [0.4, 0.5) is 11.4 Å². The summed E-state index contributed by atoms with van der Waals surface area (Å²) in [5.41, 5.74) is 17.8. The number of aromatic hydroxyl groups is 1. The van der Waals surface area contributed by atoms with Gasteiger partial charge in [-0.05, 0) is 85.9 Å². The standard InChI is InChI=1S/C26H28N2O3/c1-17(3-4-18(2)29)13-20-7-10-24(16-26(20)28)31-23-11-12-25(27)21(15-23)14-19-5-8-22(30)9-6-19/h3-12,15-16,29-30H,13-14,27-28H2,1-2H3/b17-3+,18-4+. The molecule has 3 aromatic rings. The first kappa shape index (κ1) is 21.8. The van der Waals surface area contributed by atoms with Crippen LogP contribution in [0.5, 0.6) is 17.2 Å². The molecule has 0 saturated heterocycles. The van der Waals surface area contributed by atoms with E-state index in [9.17, 15) is 10.2 Å². The van der Waals surface area contributed by atoms with Gasteiger partial charge in [0.25, 0.3) is 0 Å². The molecule has 0 unspecified atom stereocenters. The maximum atomic E-state index is 9.45. The fraction of sp³-hybridized carbons (Fsp3) is 0.154. The Kier molecular flexibility index (Phi) is 6.88. The molecule has 0 aliphatic carbocycles. The summed E-state index contributed by atoms with van der Waals surface area (Å²) in [5.74, 6) is 1.83. The summed E-state index contributed by atoms with van der Waals surface area (Å²) < 4.78 is 6.02. The molecule has 0 bridgehead atoms. The minimum atomic E-state index is 0.237. The van der Waals surface area contributed by atoms with Crippen molar-refractivity contribution >= 4 is 11.4 Å². The number of nitrogens with two attached hydrogens (primary N) is 2. The highest BCUT2D eigenvalue weighted by atomic mass is 16.5. The molecular formula is C26H28N2O3. The molecule has 6 N–H and O–H groups in total. The monoisotopic (exact) mass is 416 g/mol. The van der Waals surface area contributed by atoms with E-state index in [0.717, 1.165) is 22.3 Å². The van der Waals surface area contributed by atoms with Crippen molar-refractivity contribution in [1.82, 2.24) is 0 Å². The number of benzene rings is 3. The number of allylic oxidation sites excluding steroid dienone is 4. The summed E-state index contributed by atoms with van der Waals surface area (Å²) in [5, 5.41) is 18.7. The normalized spacial score (nSPS) is 12.1. The van der Waals surface area contributed by atoms with E-state index >= 15 is 0 Å². The van der Waals surface area contributed by atoms with Gasteiger partial charge in [-0.1, -0.05) is 29.8 Å². The van der Waals surface area contributed by atoms with Crippen molar-refractivity contribution in [1.29, 1.82) is 0 Å². The maximum Gasteiger partial charge on any atom is 0.129 e. The highest BCUT2D eigenvalue weighted by Crippen LogP contribution is 2.29. The van der Waals surface area contributed by atoms with Crippen LogP contribution in [0.15, 0.2) is 84.1 Å². The molecule has 5 heteroatoms. The van der Waals surface area contributed by atoms with Gasteiger partial charge >= 0.3 is 0 Å². The average Bonchev–Trinajstić information content (AvgIpc) is 2.72. The van der Waals surface area contributed by atoms with E-state index in [1.165, 1.54) is 0 Å². The predicted molar refractivity (Wildman–Crippen MR) is 127 cm³/mol. The van der Waals surface area contributed by atoms with Gasteiger partial charge in [0, 0.05) is 17.4 Å². The largest absolute Gasteiger partial charge is 0.513 e. The Morgan fingerprint density at radius 2 is 1.52 bits per heavy atom. The Labute approximate surface area is 182 Å². The second kappa shape index (κ2) is 9.76. The van der Waals surface area contributed by atoms with Crippen LogP contribution in [0.2, 0.25) is 0 Å². The van der Waals surface area contributed by atoms with Gasteiger partial charge in [-0.25, -0.2) is 0 Å². The average molecular weight is 417 g/mol. The number of aliphatic hydroxyl groups is 1. The number of ether oxygens (including phenoxy) is 1.